The lowest BCUT2D eigenvalue weighted by atomic mass is 10.1. The third kappa shape index (κ3) is 6.52. The van der Waals surface area contributed by atoms with Gasteiger partial charge in [0.05, 0.1) is 11.7 Å². The van der Waals surface area contributed by atoms with Gasteiger partial charge in [0.15, 0.2) is 24.2 Å². The maximum absolute atomic E-state index is 13.5. The fourth-order valence-corrected chi connectivity index (χ4v) is 3.21. The molecule has 2 aromatic rings. The van der Waals surface area contributed by atoms with Gasteiger partial charge in [0.25, 0.3) is 5.91 Å². The number of fused-ring (bicyclic) bond motifs is 1. The second-order valence-corrected chi connectivity index (χ2v) is 6.96. The summed E-state index contributed by atoms with van der Waals surface area (Å²) >= 11 is 0. The summed E-state index contributed by atoms with van der Waals surface area (Å²) in [5.74, 6) is -0.543. The Hall–Kier alpha value is -2.43. The summed E-state index contributed by atoms with van der Waals surface area (Å²) in [6.45, 7) is 5.51. The van der Waals surface area contributed by atoms with Crippen LogP contribution in [0.2, 0.25) is 0 Å². The van der Waals surface area contributed by atoms with Crippen molar-refractivity contribution in [1.29, 1.82) is 0 Å². The Balaban J connectivity index is 0.00000341. The van der Waals surface area contributed by atoms with E-state index in [9.17, 15) is 13.6 Å². The average molecular weight is 544 g/mol. The van der Waals surface area contributed by atoms with Crippen molar-refractivity contribution in [3.63, 3.8) is 0 Å². The molecular weight excluding hydrogens is 517 g/mol. The highest BCUT2D eigenvalue weighted by Gasteiger charge is 2.24. The van der Waals surface area contributed by atoms with E-state index in [-0.39, 0.29) is 42.5 Å². The zero-order chi connectivity index (χ0) is 21.5. The fraction of sp³-hybridized carbons (Fsp3) is 0.364. The van der Waals surface area contributed by atoms with Crippen LogP contribution in [0.25, 0.3) is 0 Å². The van der Waals surface area contributed by atoms with Gasteiger partial charge in [-0.05, 0) is 50.1 Å². The van der Waals surface area contributed by atoms with E-state index in [1.807, 2.05) is 38.1 Å². The van der Waals surface area contributed by atoms with Gasteiger partial charge in [0.2, 0.25) is 0 Å². The largest absolute Gasteiger partial charge is 0.482 e. The average Bonchev–Trinajstić information content (AvgIpc) is 2.74. The zero-order valence-corrected chi connectivity index (χ0v) is 19.9. The monoisotopic (exact) mass is 544 g/mol. The minimum absolute atomic E-state index is 0. The van der Waals surface area contributed by atoms with Crippen LogP contribution in [0.4, 0.5) is 14.5 Å². The zero-order valence-electron chi connectivity index (χ0n) is 17.5. The Morgan fingerprint density at radius 3 is 2.74 bits per heavy atom. The summed E-state index contributed by atoms with van der Waals surface area (Å²) in [6.07, 6.45) is 0.663. The summed E-state index contributed by atoms with van der Waals surface area (Å²) in [5.41, 5.74) is 1.39. The second kappa shape index (κ2) is 11.8. The van der Waals surface area contributed by atoms with E-state index in [1.165, 1.54) is 6.07 Å². The Morgan fingerprint density at radius 2 is 2.00 bits per heavy atom. The molecule has 1 aliphatic heterocycles. The highest BCUT2D eigenvalue weighted by molar-refractivity contribution is 14.0. The van der Waals surface area contributed by atoms with Crippen LogP contribution in [-0.2, 0) is 4.79 Å². The van der Waals surface area contributed by atoms with Gasteiger partial charge in [0, 0.05) is 19.6 Å². The molecule has 6 nitrogen and oxygen atoms in total. The van der Waals surface area contributed by atoms with E-state index in [1.54, 1.807) is 11.0 Å². The number of amides is 1. The molecule has 0 saturated heterocycles. The standard InChI is InChI=1S/C22H26F2N4O2.HI/c1-3-25-22(27-15(2)16-9-10-17(23)18(24)13-16)26-11-6-12-28-19-7-4-5-8-20(19)30-14-21(28)29;/h4-5,7-10,13,15H,3,6,11-12,14H2,1-2H3,(H2,25,26,27);1H. The number of aliphatic imine (C=N–C) groups is 1. The SMILES string of the molecule is CCNC(=NCCCN1C(=O)COc2ccccc21)NC(C)c1ccc(F)c(F)c1.I. The van der Waals surface area contributed by atoms with E-state index >= 15 is 0 Å². The number of hydrogen-bond donors (Lipinski definition) is 2. The van der Waals surface area contributed by atoms with Gasteiger partial charge in [0.1, 0.15) is 5.75 Å². The van der Waals surface area contributed by atoms with Gasteiger partial charge in [-0.1, -0.05) is 18.2 Å². The lowest BCUT2D eigenvalue weighted by Crippen LogP contribution is -2.40. The first-order valence-corrected chi connectivity index (χ1v) is 10.0. The van der Waals surface area contributed by atoms with Crippen molar-refractivity contribution in [2.45, 2.75) is 26.3 Å². The number of carbonyl (C=O) groups is 1. The predicted molar refractivity (Wildman–Crippen MR) is 128 cm³/mol. The first-order chi connectivity index (χ1) is 14.5. The molecule has 0 spiro atoms. The minimum Gasteiger partial charge on any atom is -0.482 e. The van der Waals surface area contributed by atoms with E-state index in [0.29, 0.717) is 43.3 Å². The second-order valence-electron chi connectivity index (χ2n) is 6.96. The first kappa shape index (κ1) is 24.8. The van der Waals surface area contributed by atoms with Crippen LogP contribution in [-0.4, -0.2) is 38.1 Å². The van der Waals surface area contributed by atoms with E-state index in [2.05, 4.69) is 15.6 Å². The quantitative estimate of drug-likeness (QED) is 0.239. The van der Waals surface area contributed by atoms with Crippen molar-refractivity contribution in [2.24, 2.45) is 4.99 Å². The summed E-state index contributed by atoms with van der Waals surface area (Å²) < 4.78 is 32.1. The van der Waals surface area contributed by atoms with Crippen LogP contribution < -0.4 is 20.3 Å². The van der Waals surface area contributed by atoms with Crippen molar-refractivity contribution in [3.8, 4) is 5.75 Å². The molecule has 0 radical (unpaired) electrons. The number of rotatable bonds is 7. The molecule has 1 atom stereocenters. The normalized spacial score (nSPS) is 14.3. The first-order valence-electron chi connectivity index (χ1n) is 10.0. The number of guanidine groups is 1. The minimum atomic E-state index is -0.876. The van der Waals surface area contributed by atoms with Gasteiger partial charge < -0.3 is 20.3 Å². The number of hydrogen-bond acceptors (Lipinski definition) is 3. The molecule has 1 heterocycles. The molecule has 9 heteroatoms. The molecule has 1 amide bonds. The highest BCUT2D eigenvalue weighted by Crippen LogP contribution is 2.31. The third-order valence-corrected chi connectivity index (χ3v) is 4.76. The Kier molecular flexibility index (Phi) is 9.47. The van der Waals surface area contributed by atoms with Gasteiger partial charge in [-0.25, -0.2) is 8.78 Å². The van der Waals surface area contributed by atoms with E-state index in [0.717, 1.165) is 11.8 Å². The number of para-hydroxylation sites is 2. The van der Waals surface area contributed by atoms with Crippen LogP contribution >= 0.6 is 24.0 Å². The number of ether oxygens (including phenoxy) is 1. The van der Waals surface area contributed by atoms with Crippen LogP contribution in [0.3, 0.4) is 0 Å². The molecule has 168 valence electrons. The maximum atomic E-state index is 13.5. The molecule has 0 aromatic heterocycles. The highest BCUT2D eigenvalue weighted by atomic mass is 127. The van der Waals surface area contributed by atoms with Crippen LogP contribution in [0.1, 0.15) is 31.9 Å². The van der Waals surface area contributed by atoms with Gasteiger partial charge in [-0.15, -0.1) is 24.0 Å². The third-order valence-electron chi connectivity index (χ3n) is 4.76. The van der Waals surface area contributed by atoms with Gasteiger partial charge in [-0.3, -0.25) is 9.79 Å². The van der Waals surface area contributed by atoms with Crippen molar-refractivity contribution < 1.29 is 18.3 Å². The number of carbonyl (C=O) groups excluding carboxylic acids is 1. The molecular formula is C22H27F2IN4O2. The Labute approximate surface area is 198 Å². The molecule has 1 aliphatic rings. The van der Waals surface area contributed by atoms with Crippen LogP contribution in [0.15, 0.2) is 47.5 Å². The van der Waals surface area contributed by atoms with Gasteiger partial charge >= 0.3 is 0 Å². The fourth-order valence-electron chi connectivity index (χ4n) is 3.21. The molecule has 0 saturated carbocycles. The Bertz CT molecular complexity index is 926. The predicted octanol–water partition coefficient (Wildman–Crippen LogP) is 4.01. The number of benzene rings is 2. The molecule has 0 aliphatic carbocycles. The summed E-state index contributed by atoms with van der Waals surface area (Å²) in [7, 11) is 0. The summed E-state index contributed by atoms with van der Waals surface area (Å²) in [6, 6.07) is 11.0. The maximum Gasteiger partial charge on any atom is 0.265 e. The van der Waals surface area contributed by atoms with Crippen LogP contribution in [0.5, 0.6) is 5.75 Å². The molecule has 1 unspecified atom stereocenters. The van der Waals surface area contributed by atoms with Gasteiger partial charge in [-0.2, -0.15) is 0 Å². The smallest absolute Gasteiger partial charge is 0.265 e. The van der Waals surface area contributed by atoms with Crippen molar-refractivity contribution >= 4 is 41.5 Å². The van der Waals surface area contributed by atoms with Crippen molar-refractivity contribution in [3.05, 3.63) is 59.7 Å². The van der Waals surface area contributed by atoms with Crippen molar-refractivity contribution in [1.82, 2.24) is 10.6 Å². The molecule has 3 rings (SSSR count). The molecule has 2 N–H and O–H groups in total. The van der Waals surface area contributed by atoms with Crippen molar-refractivity contribution in [2.75, 3.05) is 31.1 Å². The molecule has 31 heavy (non-hydrogen) atoms. The molecule has 2 aromatic carbocycles. The summed E-state index contributed by atoms with van der Waals surface area (Å²) in [4.78, 5) is 18.5. The number of anilines is 1. The molecule has 0 fully saturated rings. The van der Waals surface area contributed by atoms with Crippen LogP contribution in [0, 0.1) is 11.6 Å². The van der Waals surface area contributed by atoms with E-state index in [4.69, 9.17) is 4.74 Å². The Morgan fingerprint density at radius 1 is 1.23 bits per heavy atom. The van der Waals surface area contributed by atoms with E-state index < -0.39 is 11.6 Å². The molecule has 0 bridgehead atoms. The number of nitrogens with zero attached hydrogens (tertiary/aromatic N) is 2. The number of halogens is 3. The lowest BCUT2D eigenvalue weighted by molar-refractivity contribution is -0.121. The summed E-state index contributed by atoms with van der Waals surface area (Å²) in [5, 5.41) is 6.34. The lowest BCUT2D eigenvalue weighted by Gasteiger charge is -2.29. The number of nitrogens with one attached hydrogen (secondary N) is 2. The topological polar surface area (TPSA) is 66.0 Å².